The second kappa shape index (κ2) is 7.54. The molecule has 23 heavy (non-hydrogen) atoms. The third-order valence-electron chi connectivity index (χ3n) is 3.82. The third kappa shape index (κ3) is 3.94. The Hall–Kier alpha value is -2.69. The van der Waals surface area contributed by atoms with Gasteiger partial charge in [-0.25, -0.2) is 4.79 Å². The molecule has 0 aromatic heterocycles. The van der Waals surface area contributed by atoms with E-state index in [4.69, 9.17) is 9.47 Å². The fourth-order valence-corrected chi connectivity index (χ4v) is 2.26. The third-order valence-corrected chi connectivity index (χ3v) is 3.82. The average molecular weight is 314 g/mol. The Bertz CT molecular complexity index is 659. The van der Waals surface area contributed by atoms with Crippen molar-refractivity contribution in [3.05, 3.63) is 54.1 Å². The summed E-state index contributed by atoms with van der Waals surface area (Å²) < 4.78 is 10.4. The highest BCUT2D eigenvalue weighted by Crippen LogP contribution is 2.30. The van der Waals surface area contributed by atoms with E-state index >= 15 is 0 Å². The fourth-order valence-electron chi connectivity index (χ4n) is 2.26. The molecule has 0 aliphatic heterocycles. The Morgan fingerprint density at radius 1 is 1.04 bits per heavy atom. The lowest BCUT2D eigenvalue weighted by Crippen LogP contribution is -2.33. The van der Waals surface area contributed by atoms with Gasteiger partial charge in [-0.05, 0) is 24.6 Å². The van der Waals surface area contributed by atoms with E-state index in [0.29, 0.717) is 17.2 Å². The minimum atomic E-state index is -0.187. The molecule has 2 amide bonds. The van der Waals surface area contributed by atoms with Gasteiger partial charge in [0.2, 0.25) is 0 Å². The van der Waals surface area contributed by atoms with E-state index < -0.39 is 0 Å². The molecule has 0 fully saturated rings. The van der Waals surface area contributed by atoms with E-state index in [9.17, 15) is 4.79 Å². The second-order valence-electron chi connectivity index (χ2n) is 5.20. The summed E-state index contributed by atoms with van der Waals surface area (Å²) in [6, 6.07) is 14.9. The highest BCUT2D eigenvalue weighted by Gasteiger charge is 2.17. The zero-order chi connectivity index (χ0) is 16.8. The molecule has 5 nitrogen and oxygen atoms in total. The largest absolute Gasteiger partial charge is 0.493 e. The molecule has 1 atom stereocenters. The Morgan fingerprint density at radius 2 is 1.70 bits per heavy atom. The monoisotopic (exact) mass is 314 g/mol. The van der Waals surface area contributed by atoms with Gasteiger partial charge in [0.15, 0.2) is 11.5 Å². The van der Waals surface area contributed by atoms with Crippen LogP contribution in [-0.2, 0) is 0 Å². The number of hydrogen-bond donors (Lipinski definition) is 1. The first-order chi connectivity index (χ1) is 11.1. The molecule has 0 spiro atoms. The molecule has 0 saturated carbocycles. The summed E-state index contributed by atoms with van der Waals surface area (Å²) in [5, 5.41) is 2.87. The van der Waals surface area contributed by atoms with Gasteiger partial charge in [-0.15, -0.1) is 0 Å². The topological polar surface area (TPSA) is 50.8 Å². The molecule has 2 rings (SSSR count). The van der Waals surface area contributed by atoms with Gasteiger partial charge >= 0.3 is 6.03 Å². The van der Waals surface area contributed by atoms with Gasteiger partial charge in [0.1, 0.15) is 0 Å². The molecule has 0 saturated heterocycles. The van der Waals surface area contributed by atoms with Crippen molar-refractivity contribution < 1.29 is 14.3 Å². The SMILES string of the molecule is COc1ccc(NC(=O)N(C)C(C)c2ccccc2)cc1OC. The number of rotatable bonds is 5. The summed E-state index contributed by atoms with van der Waals surface area (Å²) in [5.41, 5.74) is 1.73. The predicted octanol–water partition coefficient (Wildman–Crippen LogP) is 3.93. The van der Waals surface area contributed by atoms with E-state index in [1.807, 2.05) is 37.3 Å². The van der Waals surface area contributed by atoms with E-state index in [0.717, 1.165) is 5.56 Å². The maximum atomic E-state index is 12.4. The zero-order valence-electron chi connectivity index (χ0n) is 13.9. The molecule has 0 aliphatic rings. The van der Waals surface area contributed by atoms with Gasteiger partial charge in [-0.1, -0.05) is 30.3 Å². The molecular weight excluding hydrogens is 292 g/mol. The van der Waals surface area contributed by atoms with Crippen LogP contribution < -0.4 is 14.8 Å². The zero-order valence-corrected chi connectivity index (χ0v) is 13.9. The summed E-state index contributed by atoms with van der Waals surface area (Å²) in [7, 11) is 4.91. The maximum Gasteiger partial charge on any atom is 0.322 e. The first kappa shape index (κ1) is 16.7. The van der Waals surface area contributed by atoms with Gasteiger partial charge < -0.3 is 19.7 Å². The van der Waals surface area contributed by atoms with Crippen molar-refractivity contribution in [2.24, 2.45) is 0 Å². The fraction of sp³-hybridized carbons (Fsp3) is 0.278. The molecular formula is C18H22N2O3. The summed E-state index contributed by atoms with van der Waals surface area (Å²) in [5.74, 6) is 1.19. The lowest BCUT2D eigenvalue weighted by molar-refractivity contribution is 0.208. The minimum absolute atomic E-state index is 0.0312. The van der Waals surface area contributed by atoms with Gasteiger partial charge in [-0.2, -0.15) is 0 Å². The normalized spacial score (nSPS) is 11.5. The standard InChI is InChI=1S/C18H22N2O3/c1-13(14-8-6-5-7-9-14)20(2)18(21)19-15-10-11-16(22-3)17(12-15)23-4/h5-13H,1-4H3,(H,19,21). The van der Waals surface area contributed by atoms with E-state index in [2.05, 4.69) is 5.32 Å². The molecule has 2 aromatic rings. The van der Waals surface area contributed by atoms with Crippen LogP contribution in [0.1, 0.15) is 18.5 Å². The molecule has 122 valence electrons. The maximum absolute atomic E-state index is 12.4. The number of carbonyl (C=O) groups excluding carboxylic acids is 1. The smallest absolute Gasteiger partial charge is 0.322 e. The van der Waals surface area contributed by atoms with E-state index in [1.54, 1.807) is 44.4 Å². The number of amides is 2. The van der Waals surface area contributed by atoms with Crippen molar-refractivity contribution in [3.63, 3.8) is 0 Å². The van der Waals surface area contributed by atoms with Crippen LogP contribution in [0.2, 0.25) is 0 Å². The number of urea groups is 1. The van der Waals surface area contributed by atoms with Crippen LogP contribution in [0.3, 0.4) is 0 Å². The molecule has 2 aromatic carbocycles. The van der Waals surface area contributed by atoms with Crippen LogP contribution in [0.4, 0.5) is 10.5 Å². The van der Waals surface area contributed by atoms with Crippen molar-refractivity contribution in [1.29, 1.82) is 0 Å². The van der Waals surface area contributed by atoms with Crippen molar-refractivity contribution in [2.45, 2.75) is 13.0 Å². The summed E-state index contributed by atoms with van der Waals surface area (Å²) in [4.78, 5) is 14.1. The molecule has 1 unspecified atom stereocenters. The number of ether oxygens (including phenoxy) is 2. The van der Waals surface area contributed by atoms with Crippen molar-refractivity contribution >= 4 is 11.7 Å². The van der Waals surface area contributed by atoms with Crippen LogP contribution in [-0.4, -0.2) is 32.2 Å². The molecule has 5 heteroatoms. The number of benzene rings is 2. The van der Waals surface area contributed by atoms with E-state index in [-0.39, 0.29) is 12.1 Å². The number of methoxy groups -OCH3 is 2. The number of hydrogen-bond acceptors (Lipinski definition) is 3. The molecule has 1 N–H and O–H groups in total. The second-order valence-corrected chi connectivity index (χ2v) is 5.20. The summed E-state index contributed by atoms with van der Waals surface area (Å²) in [6.07, 6.45) is 0. The highest BCUT2D eigenvalue weighted by atomic mass is 16.5. The molecule has 0 radical (unpaired) electrons. The Morgan fingerprint density at radius 3 is 2.30 bits per heavy atom. The van der Waals surface area contributed by atoms with Crippen LogP contribution in [0, 0.1) is 0 Å². The van der Waals surface area contributed by atoms with Crippen LogP contribution >= 0.6 is 0 Å². The molecule has 0 bridgehead atoms. The van der Waals surface area contributed by atoms with Gasteiger partial charge in [-0.3, -0.25) is 0 Å². The minimum Gasteiger partial charge on any atom is -0.493 e. The predicted molar refractivity (Wildman–Crippen MR) is 91.2 cm³/mol. The lowest BCUT2D eigenvalue weighted by Gasteiger charge is -2.25. The number of anilines is 1. The van der Waals surface area contributed by atoms with Crippen LogP contribution in [0.25, 0.3) is 0 Å². The van der Waals surface area contributed by atoms with Gasteiger partial charge in [0, 0.05) is 18.8 Å². The summed E-state index contributed by atoms with van der Waals surface area (Å²) in [6.45, 7) is 1.99. The van der Waals surface area contributed by atoms with E-state index in [1.165, 1.54) is 0 Å². The van der Waals surface area contributed by atoms with Crippen LogP contribution in [0.5, 0.6) is 11.5 Å². The van der Waals surface area contributed by atoms with Gasteiger partial charge in [0.05, 0.1) is 20.3 Å². The first-order valence-electron chi connectivity index (χ1n) is 7.37. The highest BCUT2D eigenvalue weighted by molar-refractivity contribution is 5.89. The van der Waals surface area contributed by atoms with Crippen LogP contribution in [0.15, 0.2) is 48.5 Å². The number of nitrogens with one attached hydrogen (secondary N) is 1. The Balaban J connectivity index is 2.09. The average Bonchev–Trinajstić information content (AvgIpc) is 2.60. The molecule has 0 aliphatic carbocycles. The lowest BCUT2D eigenvalue weighted by atomic mass is 10.1. The number of carbonyl (C=O) groups is 1. The first-order valence-corrected chi connectivity index (χ1v) is 7.37. The number of nitrogens with zero attached hydrogens (tertiary/aromatic N) is 1. The Kier molecular flexibility index (Phi) is 5.46. The van der Waals surface area contributed by atoms with Crippen molar-refractivity contribution in [3.8, 4) is 11.5 Å². The van der Waals surface area contributed by atoms with Crippen molar-refractivity contribution in [1.82, 2.24) is 4.90 Å². The molecule has 0 heterocycles. The Labute approximate surface area is 136 Å². The van der Waals surface area contributed by atoms with Gasteiger partial charge in [0.25, 0.3) is 0 Å². The van der Waals surface area contributed by atoms with Crippen molar-refractivity contribution in [2.75, 3.05) is 26.6 Å². The quantitative estimate of drug-likeness (QED) is 0.910. The summed E-state index contributed by atoms with van der Waals surface area (Å²) >= 11 is 0.